The molecular formula is C24H34ClN3O3. The Morgan fingerprint density at radius 3 is 2.26 bits per heavy atom. The average molecular weight is 448 g/mol. The summed E-state index contributed by atoms with van der Waals surface area (Å²) in [5.74, 6) is 0.177. The third kappa shape index (κ3) is 6.22. The standard InChI is InChI=1S/C24H34ClN3O3/c1-17(2)16-21(29)27-14-10-18(11-15-27)22(24(31)28-12-6-3-7-13-28)26-23(30)19-8-4-5-9-20(19)25/h4-5,8-9,17-18,22H,3,6-7,10-16H2,1-2H3,(H,26,30)/t22-/m1/s1. The van der Waals surface area contributed by atoms with Gasteiger partial charge < -0.3 is 15.1 Å². The van der Waals surface area contributed by atoms with Crippen LogP contribution >= 0.6 is 11.6 Å². The Bertz CT molecular complexity index is 784. The van der Waals surface area contributed by atoms with Gasteiger partial charge in [0.05, 0.1) is 10.6 Å². The molecule has 170 valence electrons. The van der Waals surface area contributed by atoms with Gasteiger partial charge in [0.2, 0.25) is 11.8 Å². The van der Waals surface area contributed by atoms with Crippen molar-refractivity contribution in [1.82, 2.24) is 15.1 Å². The quantitative estimate of drug-likeness (QED) is 0.722. The van der Waals surface area contributed by atoms with Gasteiger partial charge >= 0.3 is 0 Å². The SMILES string of the molecule is CC(C)CC(=O)N1CCC([C@@H](NC(=O)c2ccccc2Cl)C(=O)N2CCCCC2)CC1. The first-order chi connectivity index (χ1) is 14.9. The van der Waals surface area contributed by atoms with Gasteiger partial charge in [-0.25, -0.2) is 0 Å². The Kier molecular flexibility index (Phi) is 8.35. The predicted molar refractivity (Wildman–Crippen MR) is 122 cm³/mol. The molecule has 2 fully saturated rings. The highest BCUT2D eigenvalue weighted by molar-refractivity contribution is 6.33. The highest BCUT2D eigenvalue weighted by Crippen LogP contribution is 2.25. The number of halogens is 1. The largest absolute Gasteiger partial charge is 0.343 e. The van der Waals surface area contributed by atoms with Crippen LogP contribution in [0.25, 0.3) is 0 Å². The van der Waals surface area contributed by atoms with Gasteiger partial charge in [0, 0.05) is 32.6 Å². The molecule has 3 rings (SSSR count). The molecular weight excluding hydrogens is 414 g/mol. The third-order valence-corrected chi connectivity index (χ3v) is 6.62. The van der Waals surface area contributed by atoms with Gasteiger partial charge in [-0.05, 0) is 56.1 Å². The van der Waals surface area contributed by atoms with Gasteiger partial charge in [-0.15, -0.1) is 0 Å². The first-order valence-electron chi connectivity index (χ1n) is 11.5. The number of benzene rings is 1. The predicted octanol–water partition coefficient (Wildman–Crippen LogP) is 3.74. The van der Waals surface area contributed by atoms with E-state index in [1.54, 1.807) is 24.3 Å². The van der Waals surface area contributed by atoms with Crippen molar-refractivity contribution in [2.45, 2.75) is 58.4 Å². The van der Waals surface area contributed by atoms with Crippen LogP contribution in [0.15, 0.2) is 24.3 Å². The van der Waals surface area contributed by atoms with Crippen LogP contribution in [-0.4, -0.2) is 59.7 Å². The molecule has 1 aromatic carbocycles. The zero-order valence-corrected chi connectivity index (χ0v) is 19.4. The molecule has 2 heterocycles. The first kappa shape index (κ1) is 23.6. The monoisotopic (exact) mass is 447 g/mol. The molecule has 7 heteroatoms. The van der Waals surface area contributed by atoms with Crippen molar-refractivity contribution in [3.05, 3.63) is 34.9 Å². The minimum absolute atomic E-state index is 0.00367. The zero-order chi connectivity index (χ0) is 22.4. The average Bonchev–Trinajstić information content (AvgIpc) is 2.77. The van der Waals surface area contributed by atoms with Crippen LogP contribution in [0.5, 0.6) is 0 Å². The van der Waals surface area contributed by atoms with Crippen LogP contribution in [-0.2, 0) is 9.59 Å². The molecule has 2 aliphatic heterocycles. The highest BCUT2D eigenvalue weighted by Gasteiger charge is 2.36. The smallest absolute Gasteiger partial charge is 0.253 e. The summed E-state index contributed by atoms with van der Waals surface area (Å²) in [6, 6.07) is 6.30. The lowest BCUT2D eigenvalue weighted by molar-refractivity contribution is -0.137. The third-order valence-electron chi connectivity index (χ3n) is 6.29. The van der Waals surface area contributed by atoms with E-state index in [1.807, 2.05) is 23.6 Å². The second-order valence-corrected chi connectivity index (χ2v) is 9.54. The number of nitrogens with zero attached hydrogens (tertiary/aromatic N) is 2. The molecule has 0 radical (unpaired) electrons. The molecule has 6 nitrogen and oxygen atoms in total. The molecule has 3 amide bonds. The second-order valence-electron chi connectivity index (χ2n) is 9.13. The number of hydrogen-bond donors (Lipinski definition) is 1. The van der Waals surface area contributed by atoms with E-state index < -0.39 is 6.04 Å². The number of rotatable bonds is 6. The van der Waals surface area contributed by atoms with Gasteiger partial charge in [-0.3, -0.25) is 14.4 Å². The molecule has 1 N–H and O–H groups in total. The minimum atomic E-state index is -0.593. The number of nitrogens with one attached hydrogen (secondary N) is 1. The Hall–Kier alpha value is -2.08. The van der Waals surface area contributed by atoms with Crippen LogP contribution in [0.1, 0.15) is 62.7 Å². The van der Waals surface area contributed by atoms with E-state index in [0.717, 1.165) is 32.4 Å². The number of amides is 3. The number of carbonyl (C=O) groups is 3. The Labute approximate surface area is 190 Å². The van der Waals surface area contributed by atoms with Crippen LogP contribution in [0.2, 0.25) is 5.02 Å². The lowest BCUT2D eigenvalue weighted by Crippen LogP contribution is -2.55. The molecule has 0 spiro atoms. The number of hydrogen-bond acceptors (Lipinski definition) is 3. The van der Waals surface area contributed by atoms with Gasteiger partial charge in [0.1, 0.15) is 6.04 Å². The van der Waals surface area contributed by atoms with E-state index in [1.165, 1.54) is 0 Å². The molecule has 0 aromatic heterocycles. The summed E-state index contributed by atoms with van der Waals surface area (Å²) in [6.07, 6.45) is 5.09. The summed E-state index contributed by atoms with van der Waals surface area (Å²) in [6.45, 7) is 6.82. The van der Waals surface area contributed by atoms with E-state index in [-0.39, 0.29) is 23.6 Å². The van der Waals surface area contributed by atoms with E-state index in [9.17, 15) is 14.4 Å². The molecule has 31 heavy (non-hydrogen) atoms. The highest BCUT2D eigenvalue weighted by atomic mass is 35.5. The molecule has 0 unspecified atom stereocenters. The van der Waals surface area contributed by atoms with Crippen LogP contribution in [0, 0.1) is 11.8 Å². The van der Waals surface area contributed by atoms with E-state index in [2.05, 4.69) is 5.32 Å². The van der Waals surface area contributed by atoms with Gasteiger partial charge in [0.15, 0.2) is 0 Å². The molecule has 1 aromatic rings. The summed E-state index contributed by atoms with van der Waals surface area (Å²) in [7, 11) is 0. The lowest BCUT2D eigenvalue weighted by Gasteiger charge is -2.38. The lowest BCUT2D eigenvalue weighted by atomic mass is 9.87. The molecule has 1 atom stereocenters. The molecule has 0 bridgehead atoms. The van der Waals surface area contributed by atoms with E-state index in [4.69, 9.17) is 11.6 Å². The number of carbonyl (C=O) groups excluding carboxylic acids is 3. The second kappa shape index (κ2) is 11.0. The van der Waals surface area contributed by atoms with Crippen molar-refractivity contribution < 1.29 is 14.4 Å². The Balaban J connectivity index is 1.72. The van der Waals surface area contributed by atoms with Crippen molar-refractivity contribution in [2.75, 3.05) is 26.2 Å². The Morgan fingerprint density at radius 2 is 1.65 bits per heavy atom. The van der Waals surface area contributed by atoms with Crippen molar-refractivity contribution in [3.8, 4) is 0 Å². The first-order valence-corrected chi connectivity index (χ1v) is 11.9. The number of piperidine rings is 2. The minimum Gasteiger partial charge on any atom is -0.343 e. The summed E-state index contributed by atoms with van der Waals surface area (Å²) < 4.78 is 0. The van der Waals surface area contributed by atoms with Crippen molar-refractivity contribution in [3.63, 3.8) is 0 Å². The fraction of sp³-hybridized carbons (Fsp3) is 0.625. The van der Waals surface area contributed by atoms with Crippen molar-refractivity contribution >= 4 is 29.3 Å². The molecule has 2 aliphatic rings. The summed E-state index contributed by atoms with van der Waals surface area (Å²) in [4.78, 5) is 42.6. The topological polar surface area (TPSA) is 69.7 Å². The summed E-state index contributed by atoms with van der Waals surface area (Å²) >= 11 is 6.21. The molecule has 0 aliphatic carbocycles. The summed E-state index contributed by atoms with van der Waals surface area (Å²) in [5, 5.41) is 3.37. The fourth-order valence-corrected chi connectivity index (χ4v) is 4.74. The van der Waals surface area contributed by atoms with Gasteiger partial charge in [0.25, 0.3) is 5.91 Å². The van der Waals surface area contributed by atoms with E-state index >= 15 is 0 Å². The van der Waals surface area contributed by atoms with Crippen molar-refractivity contribution in [2.24, 2.45) is 11.8 Å². The maximum Gasteiger partial charge on any atom is 0.253 e. The van der Waals surface area contributed by atoms with Crippen LogP contribution < -0.4 is 5.32 Å². The molecule has 2 saturated heterocycles. The van der Waals surface area contributed by atoms with Gasteiger partial charge in [-0.1, -0.05) is 37.6 Å². The van der Waals surface area contributed by atoms with Gasteiger partial charge in [-0.2, -0.15) is 0 Å². The zero-order valence-electron chi connectivity index (χ0n) is 18.6. The maximum absolute atomic E-state index is 13.4. The molecule has 0 saturated carbocycles. The Morgan fingerprint density at radius 1 is 1.00 bits per heavy atom. The summed E-state index contributed by atoms with van der Waals surface area (Å²) in [5.41, 5.74) is 0.380. The van der Waals surface area contributed by atoms with Crippen molar-refractivity contribution in [1.29, 1.82) is 0 Å². The van der Waals surface area contributed by atoms with E-state index in [0.29, 0.717) is 48.9 Å². The van der Waals surface area contributed by atoms with Crippen LogP contribution in [0.3, 0.4) is 0 Å². The maximum atomic E-state index is 13.4. The fourth-order valence-electron chi connectivity index (χ4n) is 4.52. The normalized spacial score (nSPS) is 18.7. The number of likely N-dealkylation sites (tertiary alicyclic amines) is 2. The van der Waals surface area contributed by atoms with Crippen LogP contribution in [0.4, 0.5) is 0 Å².